The second-order valence-corrected chi connectivity index (χ2v) is 6.13. The van der Waals surface area contributed by atoms with Crippen LogP contribution in [0.1, 0.15) is 11.3 Å². The monoisotopic (exact) mass is 312 g/mol. The zero-order valence-electron chi connectivity index (χ0n) is 12.6. The van der Waals surface area contributed by atoms with Crippen molar-refractivity contribution in [2.75, 3.05) is 13.6 Å². The number of rotatable bonds is 6. The summed E-state index contributed by atoms with van der Waals surface area (Å²) in [6.07, 6.45) is 3.25. The Balaban J connectivity index is 1.83. The van der Waals surface area contributed by atoms with Crippen LogP contribution in [-0.4, -0.2) is 24.0 Å². The molecular formula is C17H20N4S. The van der Waals surface area contributed by atoms with Crippen LogP contribution in [0.3, 0.4) is 0 Å². The average molecular weight is 312 g/mol. The third-order valence-electron chi connectivity index (χ3n) is 3.60. The predicted octanol–water partition coefficient (Wildman–Crippen LogP) is 3.35. The number of fused-ring (bicyclic) bond motifs is 1. The third-order valence-corrected chi connectivity index (χ3v) is 4.50. The van der Waals surface area contributed by atoms with Crippen molar-refractivity contribution in [1.29, 1.82) is 0 Å². The highest BCUT2D eigenvalue weighted by molar-refractivity contribution is 7.12. The van der Waals surface area contributed by atoms with Crippen LogP contribution in [0.5, 0.6) is 0 Å². The summed E-state index contributed by atoms with van der Waals surface area (Å²) in [4.78, 5) is 5.53. The molecule has 0 aliphatic carbocycles. The summed E-state index contributed by atoms with van der Waals surface area (Å²) in [7, 11) is 1.98. The largest absolute Gasteiger partial charge is 0.383 e. The van der Waals surface area contributed by atoms with Gasteiger partial charge in [0.15, 0.2) is 0 Å². The standard InChI is InChI=1S/C17H20N4S/c1-19-8-3-9-21-10-7-13-12-14(5-6-15(13)21)20-17(18)16-4-2-11-22-16/h2,4-7,10-12,19H,3,8-9H2,1H3,(H2,18,20). The first-order valence-electron chi connectivity index (χ1n) is 7.39. The normalized spacial score (nSPS) is 12.1. The first kappa shape index (κ1) is 14.8. The van der Waals surface area contributed by atoms with Crippen molar-refractivity contribution in [3.63, 3.8) is 0 Å². The summed E-state index contributed by atoms with van der Waals surface area (Å²) in [6, 6.07) is 12.3. The first-order chi connectivity index (χ1) is 10.8. The second-order valence-electron chi connectivity index (χ2n) is 5.18. The minimum atomic E-state index is 0.572. The minimum absolute atomic E-state index is 0.572. The lowest BCUT2D eigenvalue weighted by atomic mass is 10.2. The number of aromatic nitrogens is 1. The number of amidine groups is 1. The van der Waals surface area contributed by atoms with E-state index in [0.717, 1.165) is 30.1 Å². The fourth-order valence-electron chi connectivity index (χ4n) is 2.50. The molecule has 114 valence electrons. The van der Waals surface area contributed by atoms with Gasteiger partial charge in [-0.2, -0.15) is 0 Å². The Morgan fingerprint density at radius 3 is 3.00 bits per heavy atom. The van der Waals surface area contributed by atoms with Gasteiger partial charge in [-0.05, 0) is 55.7 Å². The molecule has 0 saturated heterocycles. The van der Waals surface area contributed by atoms with E-state index in [4.69, 9.17) is 5.73 Å². The molecule has 0 spiro atoms. The van der Waals surface area contributed by atoms with Gasteiger partial charge in [-0.1, -0.05) is 6.07 Å². The van der Waals surface area contributed by atoms with E-state index in [1.165, 1.54) is 10.9 Å². The van der Waals surface area contributed by atoms with Gasteiger partial charge in [0.05, 0.1) is 10.6 Å². The van der Waals surface area contributed by atoms with Gasteiger partial charge in [-0.25, -0.2) is 4.99 Å². The molecule has 0 amide bonds. The number of benzene rings is 1. The number of thiophene rings is 1. The number of aryl methyl sites for hydroxylation is 1. The summed E-state index contributed by atoms with van der Waals surface area (Å²) >= 11 is 1.60. The SMILES string of the molecule is CNCCCn1ccc2cc(N=C(N)c3cccs3)ccc21. The van der Waals surface area contributed by atoms with Crippen LogP contribution in [-0.2, 0) is 6.54 Å². The van der Waals surface area contributed by atoms with E-state index in [9.17, 15) is 0 Å². The fourth-order valence-corrected chi connectivity index (χ4v) is 3.12. The van der Waals surface area contributed by atoms with Crippen LogP contribution in [0, 0.1) is 0 Å². The molecule has 4 nitrogen and oxygen atoms in total. The van der Waals surface area contributed by atoms with Gasteiger partial charge in [0.25, 0.3) is 0 Å². The molecule has 2 heterocycles. The van der Waals surface area contributed by atoms with Crippen LogP contribution in [0.4, 0.5) is 5.69 Å². The van der Waals surface area contributed by atoms with Crippen LogP contribution < -0.4 is 11.1 Å². The van der Waals surface area contributed by atoms with E-state index in [1.54, 1.807) is 11.3 Å². The van der Waals surface area contributed by atoms with Crippen molar-refractivity contribution < 1.29 is 0 Å². The van der Waals surface area contributed by atoms with Crippen LogP contribution in [0.2, 0.25) is 0 Å². The summed E-state index contributed by atoms with van der Waals surface area (Å²) in [6.45, 7) is 2.05. The minimum Gasteiger partial charge on any atom is -0.383 e. The quantitative estimate of drug-likeness (QED) is 0.417. The van der Waals surface area contributed by atoms with Crippen molar-refractivity contribution in [2.45, 2.75) is 13.0 Å². The third kappa shape index (κ3) is 3.21. The molecule has 0 fully saturated rings. The highest BCUT2D eigenvalue weighted by atomic mass is 32.1. The molecule has 0 bridgehead atoms. The number of nitrogens with one attached hydrogen (secondary N) is 1. The lowest BCUT2D eigenvalue weighted by molar-refractivity contribution is 0.627. The van der Waals surface area contributed by atoms with Crippen molar-refractivity contribution in [3.05, 3.63) is 52.9 Å². The molecule has 0 atom stereocenters. The predicted molar refractivity (Wildman–Crippen MR) is 95.2 cm³/mol. The Morgan fingerprint density at radius 2 is 2.23 bits per heavy atom. The molecular weight excluding hydrogens is 292 g/mol. The van der Waals surface area contributed by atoms with Gasteiger partial charge in [-0.3, -0.25) is 0 Å². The maximum atomic E-state index is 6.05. The van der Waals surface area contributed by atoms with E-state index < -0.39 is 0 Å². The van der Waals surface area contributed by atoms with E-state index in [0.29, 0.717) is 5.84 Å². The lowest BCUT2D eigenvalue weighted by Gasteiger charge is -2.05. The number of nitrogens with zero attached hydrogens (tertiary/aromatic N) is 2. The van der Waals surface area contributed by atoms with Gasteiger partial charge in [-0.15, -0.1) is 11.3 Å². The molecule has 3 aromatic rings. The molecule has 0 radical (unpaired) electrons. The van der Waals surface area contributed by atoms with Crippen molar-refractivity contribution >= 4 is 33.8 Å². The smallest absolute Gasteiger partial charge is 0.141 e. The highest BCUT2D eigenvalue weighted by Crippen LogP contribution is 2.23. The topological polar surface area (TPSA) is 55.3 Å². The van der Waals surface area contributed by atoms with Crippen LogP contribution >= 0.6 is 11.3 Å². The van der Waals surface area contributed by atoms with E-state index >= 15 is 0 Å². The second kappa shape index (κ2) is 6.77. The Hall–Kier alpha value is -2.11. The molecule has 0 saturated carbocycles. The van der Waals surface area contributed by atoms with Crippen LogP contribution in [0.25, 0.3) is 10.9 Å². The molecule has 0 unspecified atom stereocenters. The molecule has 1 aromatic carbocycles. The Labute approximate surface area is 134 Å². The average Bonchev–Trinajstić information content (AvgIpc) is 3.17. The summed E-state index contributed by atoms with van der Waals surface area (Å²) in [5, 5.41) is 6.38. The van der Waals surface area contributed by atoms with Gasteiger partial charge in [0.1, 0.15) is 5.84 Å². The van der Waals surface area contributed by atoms with Gasteiger partial charge >= 0.3 is 0 Å². The molecule has 0 aliphatic heterocycles. The maximum Gasteiger partial charge on any atom is 0.141 e. The molecule has 22 heavy (non-hydrogen) atoms. The van der Waals surface area contributed by atoms with E-state index in [-0.39, 0.29) is 0 Å². The maximum absolute atomic E-state index is 6.05. The number of hydrogen-bond acceptors (Lipinski definition) is 3. The lowest BCUT2D eigenvalue weighted by Crippen LogP contribution is -2.10. The van der Waals surface area contributed by atoms with Crippen molar-refractivity contribution in [3.8, 4) is 0 Å². The Morgan fingerprint density at radius 1 is 1.32 bits per heavy atom. The van der Waals surface area contributed by atoms with Gasteiger partial charge in [0.2, 0.25) is 0 Å². The first-order valence-corrected chi connectivity index (χ1v) is 8.27. The fraction of sp³-hybridized carbons (Fsp3) is 0.235. The van der Waals surface area contributed by atoms with Crippen molar-refractivity contribution in [2.24, 2.45) is 10.7 Å². The van der Waals surface area contributed by atoms with Crippen LogP contribution in [0.15, 0.2) is 53.0 Å². The highest BCUT2D eigenvalue weighted by Gasteiger charge is 2.04. The number of aliphatic imine (C=N–C) groups is 1. The van der Waals surface area contributed by atoms with Crippen molar-refractivity contribution in [1.82, 2.24) is 9.88 Å². The van der Waals surface area contributed by atoms with Gasteiger partial charge in [0, 0.05) is 23.6 Å². The number of nitrogens with two attached hydrogens (primary N) is 1. The molecule has 5 heteroatoms. The zero-order valence-corrected chi connectivity index (χ0v) is 13.4. The summed E-state index contributed by atoms with van der Waals surface area (Å²) < 4.78 is 2.28. The summed E-state index contributed by atoms with van der Waals surface area (Å²) in [5.41, 5.74) is 8.19. The molecule has 3 N–H and O–H groups in total. The number of hydrogen-bond donors (Lipinski definition) is 2. The molecule has 2 aromatic heterocycles. The Bertz CT molecular complexity index is 771. The Kier molecular flexibility index (Phi) is 4.56. The van der Waals surface area contributed by atoms with Gasteiger partial charge < -0.3 is 15.6 Å². The van der Waals surface area contributed by atoms with E-state index in [2.05, 4.69) is 39.3 Å². The zero-order chi connectivity index (χ0) is 15.4. The molecule has 0 aliphatic rings. The van der Waals surface area contributed by atoms with E-state index in [1.807, 2.05) is 30.6 Å². The molecule has 3 rings (SSSR count). The summed E-state index contributed by atoms with van der Waals surface area (Å²) in [5.74, 6) is 0.572.